The molecule has 6 heteroatoms. The highest BCUT2D eigenvalue weighted by atomic mass is 16.3. The quantitative estimate of drug-likeness (QED) is 0.727. The average molecular weight is 249 g/mol. The summed E-state index contributed by atoms with van der Waals surface area (Å²) < 4.78 is 0. The Hall–Kier alpha value is -1.69. The molecule has 1 aromatic heterocycles. The summed E-state index contributed by atoms with van der Waals surface area (Å²) in [4.78, 5) is 31.4. The number of aliphatic hydroxyl groups excluding tert-OH is 1. The summed E-state index contributed by atoms with van der Waals surface area (Å²) in [5, 5.41) is 9.70. The van der Waals surface area contributed by atoms with E-state index in [2.05, 4.69) is 9.97 Å². The molecule has 6 nitrogen and oxygen atoms in total. The summed E-state index contributed by atoms with van der Waals surface area (Å²) in [7, 11) is 0. The zero-order chi connectivity index (χ0) is 12.7. The van der Waals surface area contributed by atoms with Gasteiger partial charge in [0.15, 0.2) is 0 Å². The van der Waals surface area contributed by atoms with Crippen molar-refractivity contribution in [2.75, 3.05) is 0 Å². The van der Waals surface area contributed by atoms with E-state index in [1.807, 2.05) is 4.90 Å². The minimum absolute atomic E-state index is 0.111. The van der Waals surface area contributed by atoms with E-state index < -0.39 is 0 Å². The van der Waals surface area contributed by atoms with Crippen LogP contribution < -0.4 is 5.56 Å². The normalized spacial score (nSPS) is 30.5. The monoisotopic (exact) mass is 249 g/mol. The smallest absolute Gasteiger partial charge is 0.274 e. The van der Waals surface area contributed by atoms with Gasteiger partial charge in [-0.3, -0.25) is 9.59 Å². The maximum atomic E-state index is 12.3. The molecular formula is C12H15N3O3. The minimum Gasteiger partial charge on any atom is -0.393 e. The molecule has 1 amide bonds. The number of aliphatic hydroxyl groups is 1. The molecule has 3 heterocycles. The molecule has 2 fully saturated rings. The SMILES string of the molecule is O=C(c1c[nH]c(=O)cn1)N1C2CCC1CC(O)C2. The van der Waals surface area contributed by atoms with Crippen LogP contribution in [0.4, 0.5) is 0 Å². The number of aromatic nitrogens is 2. The molecule has 2 saturated heterocycles. The second-order valence-corrected chi connectivity index (χ2v) is 5.02. The van der Waals surface area contributed by atoms with Crippen molar-refractivity contribution in [1.82, 2.24) is 14.9 Å². The summed E-state index contributed by atoms with van der Waals surface area (Å²) in [6.07, 6.45) is 5.35. The number of aromatic amines is 1. The third kappa shape index (κ3) is 1.82. The van der Waals surface area contributed by atoms with E-state index in [4.69, 9.17) is 0 Å². The first-order valence-corrected chi connectivity index (χ1v) is 6.20. The fourth-order valence-electron chi connectivity index (χ4n) is 3.07. The predicted octanol–water partition coefficient (Wildman–Crippen LogP) is -0.102. The molecule has 2 unspecified atom stereocenters. The molecule has 96 valence electrons. The standard InChI is InChI=1S/C12H15N3O3/c16-9-3-7-1-2-8(4-9)15(7)12(18)10-5-14-11(17)6-13-10/h5-9,16H,1-4H2,(H,14,17). The van der Waals surface area contributed by atoms with E-state index >= 15 is 0 Å². The van der Waals surface area contributed by atoms with Crippen molar-refractivity contribution in [3.05, 3.63) is 28.4 Å². The molecule has 2 atom stereocenters. The summed E-state index contributed by atoms with van der Waals surface area (Å²) in [5.74, 6) is -0.148. The Kier molecular flexibility index (Phi) is 2.66. The van der Waals surface area contributed by atoms with Crippen molar-refractivity contribution in [2.45, 2.75) is 43.9 Å². The van der Waals surface area contributed by atoms with Crippen LogP contribution in [0.15, 0.2) is 17.2 Å². The molecule has 0 saturated carbocycles. The van der Waals surface area contributed by atoms with Gasteiger partial charge in [0.2, 0.25) is 0 Å². The molecule has 3 rings (SSSR count). The van der Waals surface area contributed by atoms with Crippen LogP contribution in [0, 0.1) is 0 Å². The Morgan fingerprint density at radius 3 is 2.61 bits per heavy atom. The molecule has 1 aromatic rings. The van der Waals surface area contributed by atoms with Gasteiger partial charge in [0.25, 0.3) is 11.5 Å². The zero-order valence-corrected chi connectivity index (χ0v) is 9.87. The molecule has 2 N–H and O–H groups in total. The lowest BCUT2D eigenvalue weighted by Gasteiger charge is -2.36. The van der Waals surface area contributed by atoms with Crippen LogP contribution >= 0.6 is 0 Å². The number of hydrogen-bond acceptors (Lipinski definition) is 4. The molecule has 0 radical (unpaired) electrons. The van der Waals surface area contributed by atoms with Crippen molar-refractivity contribution >= 4 is 5.91 Å². The van der Waals surface area contributed by atoms with Crippen molar-refractivity contribution in [3.63, 3.8) is 0 Å². The average Bonchev–Trinajstić information content (AvgIpc) is 2.62. The number of nitrogens with zero attached hydrogens (tertiary/aromatic N) is 2. The Morgan fingerprint density at radius 1 is 1.39 bits per heavy atom. The number of hydrogen-bond donors (Lipinski definition) is 2. The van der Waals surface area contributed by atoms with Crippen molar-refractivity contribution < 1.29 is 9.90 Å². The number of piperidine rings is 1. The summed E-state index contributed by atoms with van der Waals surface area (Å²) in [6.45, 7) is 0. The fraction of sp³-hybridized carbons (Fsp3) is 0.583. The first-order chi connectivity index (χ1) is 8.65. The van der Waals surface area contributed by atoms with Crippen LogP contribution in [-0.2, 0) is 0 Å². The van der Waals surface area contributed by atoms with Gasteiger partial charge < -0.3 is 15.0 Å². The van der Waals surface area contributed by atoms with E-state index in [1.165, 1.54) is 6.20 Å². The second kappa shape index (κ2) is 4.20. The molecule has 0 aromatic carbocycles. The highest BCUT2D eigenvalue weighted by Crippen LogP contribution is 2.36. The lowest BCUT2D eigenvalue weighted by molar-refractivity contribution is 0.0282. The topological polar surface area (TPSA) is 86.3 Å². The van der Waals surface area contributed by atoms with Gasteiger partial charge in [0.1, 0.15) is 5.69 Å². The van der Waals surface area contributed by atoms with E-state index in [1.54, 1.807) is 0 Å². The Balaban J connectivity index is 1.85. The van der Waals surface area contributed by atoms with Crippen molar-refractivity contribution in [1.29, 1.82) is 0 Å². The van der Waals surface area contributed by atoms with Crippen LogP contribution in [0.2, 0.25) is 0 Å². The minimum atomic E-state index is -0.316. The van der Waals surface area contributed by atoms with Crippen molar-refractivity contribution in [2.24, 2.45) is 0 Å². The molecule has 2 aliphatic heterocycles. The van der Waals surface area contributed by atoms with E-state index in [9.17, 15) is 14.7 Å². The maximum absolute atomic E-state index is 12.3. The largest absolute Gasteiger partial charge is 0.393 e. The second-order valence-electron chi connectivity index (χ2n) is 5.02. The molecule has 18 heavy (non-hydrogen) atoms. The maximum Gasteiger partial charge on any atom is 0.274 e. The summed E-state index contributed by atoms with van der Waals surface area (Å²) in [6, 6.07) is 0.222. The third-order valence-electron chi connectivity index (χ3n) is 3.83. The highest BCUT2D eigenvalue weighted by molar-refractivity contribution is 5.92. The lowest BCUT2D eigenvalue weighted by Crippen LogP contribution is -2.48. The molecule has 0 spiro atoms. The Labute approximate surface area is 104 Å². The number of fused-ring (bicyclic) bond motifs is 2. The molecular weight excluding hydrogens is 234 g/mol. The van der Waals surface area contributed by atoms with E-state index in [-0.39, 0.29) is 35.3 Å². The van der Waals surface area contributed by atoms with Crippen LogP contribution in [0.5, 0.6) is 0 Å². The van der Waals surface area contributed by atoms with Crippen LogP contribution in [0.3, 0.4) is 0 Å². The Morgan fingerprint density at radius 2 is 2.06 bits per heavy atom. The Bertz CT molecular complexity index is 493. The van der Waals surface area contributed by atoms with Crippen LogP contribution in [-0.4, -0.2) is 44.1 Å². The number of amides is 1. The first-order valence-electron chi connectivity index (χ1n) is 6.20. The van der Waals surface area contributed by atoms with E-state index in [0.29, 0.717) is 12.8 Å². The predicted molar refractivity (Wildman–Crippen MR) is 63.1 cm³/mol. The number of H-pyrrole nitrogens is 1. The van der Waals surface area contributed by atoms with Gasteiger partial charge in [-0.15, -0.1) is 0 Å². The van der Waals surface area contributed by atoms with E-state index in [0.717, 1.165) is 19.0 Å². The summed E-state index contributed by atoms with van der Waals surface area (Å²) >= 11 is 0. The first kappa shape index (κ1) is 11.4. The zero-order valence-electron chi connectivity index (χ0n) is 9.87. The number of rotatable bonds is 1. The third-order valence-corrected chi connectivity index (χ3v) is 3.83. The summed E-state index contributed by atoms with van der Waals surface area (Å²) in [5.41, 5.74) is -0.0496. The number of carbonyl (C=O) groups excluding carboxylic acids is 1. The fourth-order valence-corrected chi connectivity index (χ4v) is 3.07. The number of nitrogens with one attached hydrogen (secondary N) is 1. The molecule has 2 aliphatic rings. The van der Waals surface area contributed by atoms with Crippen molar-refractivity contribution in [3.8, 4) is 0 Å². The lowest BCUT2D eigenvalue weighted by atomic mass is 9.99. The van der Waals surface area contributed by atoms with Crippen LogP contribution in [0.1, 0.15) is 36.2 Å². The van der Waals surface area contributed by atoms with Gasteiger partial charge in [-0.25, -0.2) is 4.98 Å². The molecule has 2 bridgehead atoms. The van der Waals surface area contributed by atoms with Gasteiger partial charge in [-0.2, -0.15) is 0 Å². The van der Waals surface area contributed by atoms with Gasteiger partial charge in [-0.1, -0.05) is 0 Å². The van der Waals surface area contributed by atoms with Crippen LogP contribution in [0.25, 0.3) is 0 Å². The van der Waals surface area contributed by atoms with Gasteiger partial charge in [0, 0.05) is 18.3 Å². The van der Waals surface area contributed by atoms with Gasteiger partial charge in [-0.05, 0) is 25.7 Å². The number of carbonyl (C=O) groups is 1. The van der Waals surface area contributed by atoms with Gasteiger partial charge in [0.05, 0.1) is 12.3 Å². The highest BCUT2D eigenvalue weighted by Gasteiger charge is 2.43. The molecule has 0 aliphatic carbocycles. The van der Waals surface area contributed by atoms with Gasteiger partial charge >= 0.3 is 0 Å².